The number of amides is 2. The molecule has 0 spiro atoms. The van der Waals surface area contributed by atoms with E-state index in [4.69, 9.17) is 18.6 Å². The molecule has 1 aliphatic heterocycles. The number of carbonyl (C=O) groups is 4. The van der Waals surface area contributed by atoms with Gasteiger partial charge in [-0.3, -0.25) is 14.4 Å². The molecule has 2 rings (SSSR count). The van der Waals surface area contributed by atoms with Gasteiger partial charge in [-0.1, -0.05) is 13.8 Å². The number of nitrogens with zero attached hydrogens (tertiary/aromatic N) is 1. The van der Waals surface area contributed by atoms with Crippen molar-refractivity contribution in [3.63, 3.8) is 0 Å². The van der Waals surface area contributed by atoms with Gasteiger partial charge in [0.15, 0.2) is 11.7 Å². The Labute approximate surface area is 180 Å². The van der Waals surface area contributed by atoms with E-state index in [1.807, 2.05) is 0 Å². The largest absolute Gasteiger partial charge is 0.447 e. The standard InChI is InChI=1S/C20H29N3O8/c1-12(2)17(23-20(27)30-7-6-29-5-4-28-3)15(24)8-13-9-16-21-10-14(31-16)11-22-19(26)18(13)25/h10,12-13,17H,4-9,11H2,1-3H3,(H,22,26)(H,23,27). The van der Waals surface area contributed by atoms with Crippen molar-refractivity contribution >= 4 is 23.6 Å². The van der Waals surface area contributed by atoms with Crippen LogP contribution in [0.25, 0.3) is 0 Å². The minimum atomic E-state index is -0.939. The normalized spacial score (nSPS) is 17.4. The van der Waals surface area contributed by atoms with Crippen LogP contribution in [0.5, 0.6) is 0 Å². The van der Waals surface area contributed by atoms with Crippen LogP contribution in [0.15, 0.2) is 10.6 Å². The predicted molar refractivity (Wildman–Crippen MR) is 106 cm³/mol. The Morgan fingerprint density at radius 2 is 2.00 bits per heavy atom. The SMILES string of the molecule is COCCOCCOC(=O)NC(C(=O)CC1Cc2ncc(o2)CNC(=O)C1=O)C(C)C. The molecular formula is C20H29N3O8. The zero-order valence-electron chi connectivity index (χ0n) is 18.0. The van der Waals surface area contributed by atoms with Gasteiger partial charge >= 0.3 is 6.09 Å². The summed E-state index contributed by atoms with van der Waals surface area (Å²) in [4.78, 5) is 53.6. The third-order valence-electron chi connectivity index (χ3n) is 4.67. The smallest absolute Gasteiger partial charge is 0.407 e. The highest BCUT2D eigenvalue weighted by Gasteiger charge is 2.34. The van der Waals surface area contributed by atoms with E-state index in [2.05, 4.69) is 15.6 Å². The van der Waals surface area contributed by atoms with E-state index in [0.717, 1.165) is 0 Å². The number of alkyl carbamates (subject to hydrolysis) is 1. The van der Waals surface area contributed by atoms with Crippen molar-refractivity contribution in [3.05, 3.63) is 17.8 Å². The van der Waals surface area contributed by atoms with Crippen LogP contribution in [0.3, 0.4) is 0 Å². The van der Waals surface area contributed by atoms with Crippen LogP contribution >= 0.6 is 0 Å². The maximum absolute atomic E-state index is 12.9. The Hall–Kier alpha value is -2.79. The molecule has 31 heavy (non-hydrogen) atoms. The number of hydrogen-bond acceptors (Lipinski definition) is 9. The quantitative estimate of drug-likeness (QED) is 0.369. The van der Waals surface area contributed by atoms with Gasteiger partial charge in [0.2, 0.25) is 5.78 Å². The number of ether oxygens (including phenoxy) is 3. The van der Waals surface area contributed by atoms with Crippen molar-refractivity contribution in [2.75, 3.05) is 33.5 Å². The van der Waals surface area contributed by atoms with E-state index in [1.165, 1.54) is 6.20 Å². The van der Waals surface area contributed by atoms with Gasteiger partial charge in [-0.2, -0.15) is 0 Å². The zero-order chi connectivity index (χ0) is 22.8. The second-order valence-corrected chi connectivity index (χ2v) is 7.45. The molecule has 0 saturated heterocycles. The zero-order valence-corrected chi connectivity index (χ0v) is 18.0. The van der Waals surface area contributed by atoms with Crippen LogP contribution in [0.2, 0.25) is 0 Å². The van der Waals surface area contributed by atoms with Gasteiger partial charge < -0.3 is 29.3 Å². The van der Waals surface area contributed by atoms with E-state index in [-0.39, 0.29) is 50.2 Å². The highest BCUT2D eigenvalue weighted by molar-refractivity contribution is 6.37. The molecule has 0 saturated carbocycles. The first-order valence-electron chi connectivity index (χ1n) is 10.1. The van der Waals surface area contributed by atoms with Crippen LogP contribution < -0.4 is 10.6 Å². The van der Waals surface area contributed by atoms with Gasteiger partial charge in [-0.25, -0.2) is 9.78 Å². The summed E-state index contributed by atoms with van der Waals surface area (Å²) in [7, 11) is 1.55. The second-order valence-electron chi connectivity index (χ2n) is 7.45. The number of fused-ring (bicyclic) bond motifs is 2. The molecule has 11 heteroatoms. The fourth-order valence-electron chi connectivity index (χ4n) is 3.03. The summed E-state index contributed by atoms with van der Waals surface area (Å²) in [6.07, 6.45) is 0.482. The van der Waals surface area contributed by atoms with E-state index in [9.17, 15) is 19.2 Å². The lowest BCUT2D eigenvalue weighted by atomic mass is 9.88. The first kappa shape index (κ1) is 24.5. The number of ketones is 2. The maximum atomic E-state index is 12.9. The number of methoxy groups -OCH3 is 1. The number of hydrogen-bond donors (Lipinski definition) is 2. The molecule has 2 atom stereocenters. The predicted octanol–water partition coefficient (Wildman–Crippen LogP) is 0.405. The summed E-state index contributed by atoms with van der Waals surface area (Å²) in [5.41, 5.74) is 0. The van der Waals surface area contributed by atoms with Crippen LogP contribution in [0.4, 0.5) is 4.79 Å². The van der Waals surface area contributed by atoms with Crippen LogP contribution in [0.1, 0.15) is 31.9 Å². The minimum Gasteiger partial charge on any atom is -0.447 e. The summed E-state index contributed by atoms with van der Waals surface area (Å²) in [5, 5.41) is 4.99. The number of oxazole rings is 1. The molecule has 2 N–H and O–H groups in total. The monoisotopic (exact) mass is 439 g/mol. The number of carbonyl (C=O) groups excluding carboxylic acids is 4. The van der Waals surface area contributed by atoms with Crippen molar-refractivity contribution < 1.29 is 37.8 Å². The first-order chi connectivity index (χ1) is 14.8. The molecule has 0 aliphatic carbocycles. The fourth-order valence-corrected chi connectivity index (χ4v) is 3.03. The molecule has 0 radical (unpaired) electrons. The molecular weight excluding hydrogens is 410 g/mol. The number of nitrogens with one attached hydrogen (secondary N) is 2. The highest BCUT2D eigenvalue weighted by Crippen LogP contribution is 2.19. The molecule has 2 bridgehead atoms. The van der Waals surface area contributed by atoms with Crippen molar-refractivity contribution in [2.45, 2.75) is 39.3 Å². The van der Waals surface area contributed by atoms with Gasteiger partial charge in [0.25, 0.3) is 5.91 Å². The van der Waals surface area contributed by atoms with Gasteiger partial charge in [-0.15, -0.1) is 0 Å². The van der Waals surface area contributed by atoms with Gasteiger partial charge in [0.05, 0.1) is 38.6 Å². The molecule has 1 aromatic heterocycles. The summed E-state index contributed by atoms with van der Waals surface area (Å²) in [6.45, 7) is 4.59. The lowest BCUT2D eigenvalue weighted by Gasteiger charge is -2.23. The van der Waals surface area contributed by atoms with Gasteiger partial charge in [0, 0.05) is 25.9 Å². The molecule has 11 nitrogen and oxygen atoms in total. The van der Waals surface area contributed by atoms with Gasteiger partial charge in [-0.05, 0) is 5.92 Å². The van der Waals surface area contributed by atoms with Crippen molar-refractivity contribution in [1.29, 1.82) is 0 Å². The average molecular weight is 439 g/mol. The Kier molecular flexibility index (Phi) is 9.60. The molecule has 2 amide bonds. The maximum Gasteiger partial charge on any atom is 0.407 e. The molecule has 2 unspecified atom stereocenters. The molecule has 172 valence electrons. The Balaban J connectivity index is 1.93. The van der Waals surface area contributed by atoms with Crippen LogP contribution in [0, 0.1) is 11.8 Å². The van der Waals surface area contributed by atoms with E-state index in [1.54, 1.807) is 21.0 Å². The lowest BCUT2D eigenvalue weighted by Crippen LogP contribution is -2.46. The van der Waals surface area contributed by atoms with Crippen LogP contribution in [-0.2, 0) is 41.6 Å². The fraction of sp³-hybridized carbons (Fsp3) is 0.650. The Bertz CT molecular complexity index is 776. The Morgan fingerprint density at radius 3 is 2.71 bits per heavy atom. The molecule has 1 aliphatic rings. The number of Topliss-reactive ketones (excluding diaryl/α,β-unsaturated/α-hetero) is 2. The summed E-state index contributed by atoms with van der Waals surface area (Å²) < 4.78 is 20.5. The summed E-state index contributed by atoms with van der Waals surface area (Å²) in [6, 6.07) is -0.884. The number of rotatable bonds is 11. The summed E-state index contributed by atoms with van der Waals surface area (Å²) in [5.74, 6) is -2.38. The third-order valence-corrected chi connectivity index (χ3v) is 4.67. The van der Waals surface area contributed by atoms with E-state index < -0.39 is 29.7 Å². The topological polar surface area (TPSA) is 146 Å². The van der Waals surface area contributed by atoms with Gasteiger partial charge in [0.1, 0.15) is 12.4 Å². The second kappa shape index (κ2) is 12.2. The molecule has 0 fully saturated rings. The highest BCUT2D eigenvalue weighted by atomic mass is 16.6. The molecule has 1 aromatic rings. The summed E-state index contributed by atoms with van der Waals surface area (Å²) >= 11 is 0. The first-order valence-corrected chi connectivity index (χ1v) is 10.1. The number of aromatic nitrogens is 1. The lowest BCUT2D eigenvalue weighted by molar-refractivity contribution is -0.141. The third kappa shape index (κ3) is 7.76. The average Bonchev–Trinajstić information content (AvgIpc) is 3.19. The van der Waals surface area contributed by atoms with Crippen molar-refractivity contribution in [1.82, 2.24) is 15.6 Å². The van der Waals surface area contributed by atoms with E-state index >= 15 is 0 Å². The minimum absolute atomic E-state index is 0.0162. The molecule has 2 heterocycles. The van der Waals surface area contributed by atoms with E-state index in [0.29, 0.717) is 19.0 Å². The molecule has 0 aromatic carbocycles. The van der Waals surface area contributed by atoms with Crippen molar-refractivity contribution in [2.24, 2.45) is 11.8 Å². The van der Waals surface area contributed by atoms with Crippen molar-refractivity contribution in [3.8, 4) is 0 Å². The van der Waals surface area contributed by atoms with Crippen LogP contribution in [-0.4, -0.2) is 68.1 Å². The Morgan fingerprint density at radius 1 is 1.26 bits per heavy atom.